The SMILES string of the molecule is O=C/C(Cl)=C\c1ccc(Cl)cc1. The molecule has 62 valence electrons. The number of rotatable bonds is 2. The Morgan fingerprint density at radius 3 is 2.33 bits per heavy atom. The average Bonchev–Trinajstić information content (AvgIpc) is 2.09. The Morgan fingerprint density at radius 1 is 1.25 bits per heavy atom. The maximum absolute atomic E-state index is 10.1. The third kappa shape index (κ3) is 2.68. The highest BCUT2D eigenvalue weighted by molar-refractivity contribution is 6.40. The highest BCUT2D eigenvalue weighted by Gasteiger charge is 1.91. The Balaban J connectivity index is 2.91. The molecular weight excluding hydrogens is 195 g/mol. The number of carbonyl (C=O) groups excluding carboxylic acids is 1. The van der Waals surface area contributed by atoms with Crippen molar-refractivity contribution in [1.82, 2.24) is 0 Å². The predicted molar refractivity (Wildman–Crippen MR) is 51.3 cm³/mol. The zero-order chi connectivity index (χ0) is 8.97. The first-order valence-corrected chi connectivity index (χ1v) is 4.06. The molecule has 0 heterocycles. The molecule has 0 radical (unpaired) electrons. The molecule has 1 rings (SSSR count). The molecule has 0 unspecified atom stereocenters. The first-order chi connectivity index (χ1) is 5.72. The molecule has 0 saturated heterocycles. The number of benzene rings is 1. The molecule has 0 N–H and O–H groups in total. The number of halogens is 2. The lowest BCUT2D eigenvalue weighted by atomic mass is 10.2. The van der Waals surface area contributed by atoms with Crippen LogP contribution in [0, 0.1) is 0 Å². The lowest BCUT2D eigenvalue weighted by Gasteiger charge is -1.92. The van der Waals surface area contributed by atoms with Crippen LogP contribution in [0.5, 0.6) is 0 Å². The van der Waals surface area contributed by atoms with Gasteiger partial charge in [-0.2, -0.15) is 0 Å². The van der Waals surface area contributed by atoms with Crippen LogP contribution < -0.4 is 0 Å². The Morgan fingerprint density at radius 2 is 1.83 bits per heavy atom. The highest BCUT2D eigenvalue weighted by Crippen LogP contribution is 2.12. The second-order valence-corrected chi connectivity index (χ2v) is 3.07. The largest absolute Gasteiger partial charge is 0.297 e. The Labute approximate surface area is 80.6 Å². The van der Waals surface area contributed by atoms with E-state index in [-0.39, 0.29) is 5.03 Å². The van der Waals surface area contributed by atoms with E-state index in [0.29, 0.717) is 11.3 Å². The zero-order valence-electron chi connectivity index (χ0n) is 6.13. The van der Waals surface area contributed by atoms with Gasteiger partial charge >= 0.3 is 0 Å². The van der Waals surface area contributed by atoms with Crippen LogP contribution in [0.1, 0.15) is 5.56 Å². The normalized spacial score (nSPS) is 11.3. The smallest absolute Gasteiger partial charge is 0.161 e. The Kier molecular flexibility index (Phi) is 3.32. The monoisotopic (exact) mass is 200 g/mol. The van der Waals surface area contributed by atoms with Crippen molar-refractivity contribution in [2.45, 2.75) is 0 Å². The van der Waals surface area contributed by atoms with Crippen molar-refractivity contribution in [3.63, 3.8) is 0 Å². The fourth-order valence-electron chi connectivity index (χ4n) is 0.752. The van der Waals surface area contributed by atoms with Gasteiger partial charge in [-0.1, -0.05) is 35.3 Å². The topological polar surface area (TPSA) is 17.1 Å². The van der Waals surface area contributed by atoms with E-state index in [9.17, 15) is 4.79 Å². The summed E-state index contributed by atoms with van der Waals surface area (Å²) in [5, 5.41) is 0.840. The predicted octanol–water partition coefficient (Wildman–Crippen LogP) is 3.12. The number of hydrogen-bond donors (Lipinski definition) is 0. The van der Waals surface area contributed by atoms with Crippen LogP contribution in [0.4, 0.5) is 0 Å². The molecular formula is C9H6Cl2O. The molecule has 0 fully saturated rings. The van der Waals surface area contributed by atoms with Gasteiger partial charge in [-0.05, 0) is 23.8 Å². The van der Waals surface area contributed by atoms with Crippen molar-refractivity contribution in [1.29, 1.82) is 0 Å². The lowest BCUT2D eigenvalue weighted by Crippen LogP contribution is -1.74. The summed E-state index contributed by atoms with van der Waals surface area (Å²) in [5.74, 6) is 0. The molecule has 0 aliphatic carbocycles. The number of carbonyl (C=O) groups is 1. The quantitative estimate of drug-likeness (QED) is 0.530. The highest BCUT2D eigenvalue weighted by atomic mass is 35.5. The molecule has 0 bridgehead atoms. The van der Waals surface area contributed by atoms with E-state index < -0.39 is 0 Å². The molecule has 0 spiro atoms. The van der Waals surface area contributed by atoms with Crippen molar-refractivity contribution in [3.8, 4) is 0 Å². The van der Waals surface area contributed by atoms with Gasteiger partial charge < -0.3 is 0 Å². The fraction of sp³-hybridized carbons (Fsp3) is 0. The summed E-state index contributed by atoms with van der Waals surface area (Å²) in [6.45, 7) is 0. The Hall–Kier alpha value is -0.790. The molecule has 1 aromatic carbocycles. The minimum atomic E-state index is 0.178. The minimum Gasteiger partial charge on any atom is -0.297 e. The average molecular weight is 201 g/mol. The zero-order valence-corrected chi connectivity index (χ0v) is 7.64. The third-order valence-corrected chi connectivity index (χ3v) is 1.74. The van der Waals surface area contributed by atoms with Crippen molar-refractivity contribution in [2.75, 3.05) is 0 Å². The first-order valence-electron chi connectivity index (χ1n) is 3.30. The van der Waals surface area contributed by atoms with Crippen LogP contribution in [0.2, 0.25) is 5.02 Å². The maximum atomic E-state index is 10.1. The molecule has 12 heavy (non-hydrogen) atoms. The van der Waals surface area contributed by atoms with Crippen LogP contribution in [0.25, 0.3) is 6.08 Å². The number of aldehydes is 1. The van der Waals surface area contributed by atoms with E-state index in [1.54, 1.807) is 30.3 Å². The fourth-order valence-corrected chi connectivity index (χ4v) is 1.00. The molecule has 0 atom stereocenters. The molecule has 1 aromatic rings. The number of hydrogen-bond acceptors (Lipinski definition) is 1. The van der Waals surface area contributed by atoms with Crippen LogP contribution in [0.3, 0.4) is 0 Å². The van der Waals surface area contributed by atoms with Gasteiger partial charge in [0.1, 0.15) is 0 Å². The summed E-state index contributed by atoms with van der Waals surface area (Å²) in [7, 11) is 0. The molecule has 0 aromatic heterocycles. The van der Waals surface area contributed by atoms with Gasteiger partial charge in [-0.15, -0.1) is 0 Å². The lowest BCUT2D eigenvalue weighted by molar-refractivity contribution is -0.104. The van der Waals surface area contributed by atoms with Crippen molar-refractivity contribution in [3.05, 3.63) is 39.9 Å². The van der Waals surface area contributed by atoms with Crippen molar-refractivity contribution < 1.29 is 4.79 Å². The van der Waals surface area contributed by atoms with Crippen LogP contribution in [-0.4, -0.2) is 6.29 Å². The van der Waals surface area contributed by atoms with Gasteiger partial charge in [-0.25, -0.2) is 0 Å². The van der Waals surface area contributed by atoms with E-state index in [4.69, 9.17) is 23.2 Å². The van der Waals surface area contributed by atoms with Gasteiger partial charge in [0.2, 0.25) is 0 Å². The van der Waals surface area contributed by atoms with Gasteiger partial charge in [0, 0.05) is 5.02 Å². The van der Waals surface area contributed by atoms with Crippen molar-refractivity contribution >= 4 is 35.6 Å². The van der Waals surface area contributed by atoms with Gasteiger partial charge in [0.25, 0.3) is 0 Å². The summed E-state index contributed by atoms with van der Waals surface area (Å²) >= 11 is 11.2. The molecule has 3 heteroatoms. The summed E-state index contributed by atoms with van der Waals surface area (Å²) < 4.78 is 0. The summed E-state index contributed by atoms with van der Waals surface area (Å²) in [5.41, 5.74) is 0.858. The van der Waals surface area contributed by atoms with Gasteiger partial charge in [0.15, 0.2) is 6.29 Å². The van der Waals surface area contributed by atoms with E-state index >= 15 is 0 Å². The molecule has 0 aliphatic rings. The van der Waals surface area contributed by atoms with Crippen LogP contribution >= 0.6 is 23.2 Å². The summed E-state index contributed by atoms with van der Waals surface area (Å²) in [6.07, 6.45) is 2.17. The third-order valence-electron chi connectivity index (χ3n) is 1.29. The van der Waals surface area contributed by atoms with Crippen molar-refractivity contribution in [2.24, 2.45) is 0 Å². The van der Waals surface area contributed by atoms with E-state index in [0.717, 1.165) is 5.56 Å². The number of allylic oxidation sites excluding steroid dienone is 1. The van der Waals surface area contributed by atoms with Gasteiger partial charge in [0.05, 0.1) is 5.03 Å². The summed E-state index contributed by atoms with van der Waals surface area (Å²) in [4.78, 5) is 10.1. The standard InChI is InChI=1S/C9H6Cl2O/c10-8-3-1-7(2-4-8)5-9(11)6-12/h1-6H/b9-5+. The molecule has 0 saturated carbocycles. The molecule has 1 nitrogen and oxygen atoms in total. The molecule has 0 amide bonds. The van der Waals surface area contributed by atoms with Gasteiger partial charge in [-0.3, -0.25) is 4.79 Å². The second-order valence-electron chi connectivity index (χ2n) is 2.20. The molecule has 0 aliphatic heterocycles. The van der Waals surface area contributed by atoms with E-state index in [1.807, 2.05) is 0 Å². The second kappa shape index (κ2) is 4.29. The Bertz CT molecular complexity index is 301. The van der Waals surface area contributed by atoms with E-state index in [2.05, 4.69) is 0 Å². The maximum Gasteiger partial charge on any atom is 0.161 e. The summed E-state index contributed by atoms with van der Waals surface area (Å²) in [6, 6.07) is 7.05. The van der Waals surface area contributed by atoms with E-state index in [1.165, 1.54) is 0 Å². The van der Waals surface area contributed by atoms with Crippen LogP contribution in [0.15, 0.2) is 29.3 Å². The van der Waals surface area contributed by atoms with Crippen LogP contribution in [-0.2, 0) is 4.79 Å². The minimum absolute atomic E-state index is 0.178. The first kappa shape index (κ1) is 9.30.